The van der Waals surface area contributed by atoms with Crippen LogP contribution in [0.1, 0.15) is 17.6 Å². The van der Waals surface area contributed by atoms with Gasteiger partial charge in [-0.05, 0) is 37.6 Å². The monoisotopic (exact) mass is 435 g/mol. The van der Waals surface area contributed by atoms with Crippen LogP contribution in [-0.2, 0) is 16.9 Å². The maximum Gasteiger partial charge on any atom is 0.257 e. The third kappa shape index (κ3) is 3.39. The Morgan fingerprint density at radius 2 is 2.14 bits per heavy atom. The Hall–Kier alpha value is -2.07. The lowest BCUT2D eigenvalue weighted by molar-refractivity contribution is 0.424. The summed E-state index contributed by atoms with van der Waals surface area (Å²) in [6.07, 6.45) is 0. The Morgan fingerprint density at radius 3 is 2.82 bits per heavy atom. The van der Waals surface area contributed by atoms with Gasteiger partial charge in [0.05, 0.1) is 28.3 Å². The van der Waals surface area contributed by atoms with Crippen LogP contribution in [0.5, 0.6) is 0 Å². The van der Waals surface area contributed by atoms with E-state index in [9.17, 15) is 4.55 Å². The van der Waals surface area contributed by atoms with E-state index in [1.54, 1.807) is 14.0 Å². The van der Waals surface area contributed by atoms with Crippen molar-refractivity contribution in [3.8, 4) is 21.9 Å². The number of nitrogens with one attached hydrogen (secondary N) is 2. The number of benzene rings is 1. The van der Waals surface area contributed by atoms with Gasteiger partial charge in [0.25, 0.3) is 5.89 Å². The predicted octanol–water partition coefficient (Wildman–Crippen LogP) is 3.78. The lowest BCUT2D eigenvalue weighted by atomic mass is 10.0. The van der Waals surface area contributed by atoms with E-state index in [4.69, 9.17) is 21.5 Å². The predicted molar refractivity (Wildman–Crippen MR) is 112 cm³/mol. The minimum atomic E-state index is -1.29. The SMILES string of the molecule is Cc1noc(-c2cccc(-c3cc(Cl)c([C@]4(C)C[S+]([O-])N(C)C(=N)N4)s3)c2)n1. The maximum absolute atomic E-state index is 12.4. The molecule has 0 amide bonds. The van der Waals surface area contributed by atoms with Gasteiger partial charge in [-0.3, -0.25) is 5.41 Å². The maximum atomic E-state index is 12.4. The average Bonchev–Trinajstić information content (AvgIpc) is 3.26. The molecule has 0 aliphatic carbocycles. The van der Waals surface area contributed by atoms with E-state index in [1.165, 1.54) is 15.6 Å². The van der Waals surface area contributed by atoms with Crippen molar-refractivity contribution >= 4 is 40.3 Å². The molecule has 7 nitrogen and oxygen atoms in total. The fraction of sp³-hybridized carbons (Fsp3) is 0.278. The zero-order chi connectivity index (χ0) is 20.1. The zero-order valence-corrected chi connectivity index (χ0v) is 17.8. The van der Waals surface area contributed by atoms with Crippen molar-refractivity contribution in [3.63, 3.8) is 0 Å². The van der Waals surface area contributed by atoms with E-state index in [0.717, 1.165) is 20.9 Å². The molecule has 0 saturated carbocycles. The number of aryl methyl sites for hydroxylation is 1. The van der Waals surface area contributed by atoms with Gasteiger partial charge < -0.3 is 14.4 Å². The second kappa shape index (κ2) is 7.07. The first kappa shape index (κ1) is 19.3. The average molecular weight is 436 g/mol. The van der Waals surface area contributed by atoms with Crippen molar-refractivity contribution in [2.24, 2.45) is 0 Å². The van der Waals surface area contributed by atoms with E-state index in [1.807, 2.05) is 37.3 Å². The molecule has 4 rings (SSSR count). The molecule has 1 aliphatic rings. The Morgan fingerprint density at radius 1 is 1.39 bits per heavy atom. The highest BCUT2D eigenvalue weighted by atomic mass is 35.5. The summed E-state index contributed by atoms with van der Waals surface area (Å²) < 4.78 is 19.1. The molecule has 0 radical (unpaired) electrons. The molecule has 2 N–H and O–H groups in total. The number of thiophene rings is 1. The normalized spacial score (nSPS) is 22.4. The smallest absolute Gasteiger partial charge is 0.257 e. The van der Waals surface area contributed by atoms with Gasteiger partial charge in [0.15, 0.2) is 11.6 Å². The number of hydrogen-bond acceptors (Lipinski definition) is 6. The Balaban J connectivity index is 1.70. The van der Waals surface area contributed by atoms with E-state index in [-0.39, 0.29) is 5.96 Å². The first-order valence-corrected chi connectivity index (χ1v) is 10.9. The molecule has 28 heavy (non-hydrogen) atoms. The van der Waals surface area contributed by atoms with Crippen LogP contribution >= 0.6 is 22.9 Å². The van der Waals surface area contributed by atoms with Gasteiger partial charge in [-0.25, -0.2) is 0 Å². The molecule has 1 aliphatic heterocycles. The number of guanidine groups is 1. The lowest BCUT2D eigenvalue weighted by Gasteiger charge is -2.39. The van der Waals surface area contributed by atoms with Crippen molar-refractivity contribution in [1.29, 1.82) is 5.41 Å². The molecule has 1 aromatic carbocycles. The molecule has 146 valence electrons. The zero-order valence-electron chi connectivity index (χ0n) is 15.4. The van der Waals surface area contributed by atoms with Crippen LogP contribution in [0, 0.1) is 12.3 Å². The molecule has 1 saturated heterocycles. The molecule has 1 unspecified atom stereocenters. The van der Waals surface area contributed by atoms with Crippen LogP contribution in [0.3, 0.4) is 0 Å². The van der Waals surface area contributed by atoms with Crippen LogP contribution in [-0.4, -0.2) is 37.8 Å². The third-order valence-corrected chi connectivity index (χ3v) is 8.01. The molecule has 3 heterocycles. The Labute approximate surface area is 174 Å². The molecular formula is C18H18ClN5O2S2. The Kier molecular flexibility index (Phi) is 4.86. The van der Waals surface area contributed by atoms with E-state index in [0.29, 0.717) is 22.5 Å². The summed E-state index contributed by atoms with van der Waals surface area (Å²) in [5.74, 6) is 1.51. The van der Waals surface area contributed by atoms with Crippen molar-refractivity contribution in [1.82, 2.24) is 19.8 Å². The van der Waals surface area contributed by atoms with E-state index < -0.39 is 16.9 Å². The summed E-state index contributed by atoms with van der Waals surface area (Å²) in [6.45, 7) is 3.70. The van der Waals surface area contributed by atoms with Crippen LogP contribution in [0.4, 0.5) is 0 Å². The number of halogens is 1. The highest BCUT2D eigenvalue weighted by Crippen LogP contribution is 2.42. The van der Waals surface area contributed by atoms with Gasteiger partial charge in [-0.2, -0.15) is 9.29 Å². The van der Waals surface area contributed by atoms with Gasteiger partial charge in [-0.1, -0.05) is 28.9 Å². The molecule has 1 fully saturated rings. The van der Waals surface area contributed by atoms with Crippen LogP contribution in [0.25, 0.3) is 21.9 Å². The molecule has 10 heteroatoms. The van der Waals surface area contributed by atoms with Crippen LogP contribution in [0.15, 0.2) is 34.9 Å². The van der Waals surface area contributed by atoms with Gasteiger partial charge >= 0.3 is 0 Å². The lowest BCUT2D eigenvalue weighted by Crippen LogP contribution is -2.60. The molecule has 0 spiro atoms. The molecule has 2 atom stereocenters. The summed E-state index contributed by atoms with van der Waals surface area (Å²) >= 11 is 6.79. The minimum Gasteiger partial charge on any atom is -0.593 e. The quantitative estimate of drug-likeness (QED) is 0.607. The number of nitrogens with zero attached hydrogens (tertiary/aromatic N) is 3. The second-order valence-electron chi connectivity index (χ2n) is 6.78. The minimum absolute atomic E-state index is 0.117. The van der Waals surface area contributed by atoms with Gasteiger partial charge in [0, 0.05) is 10.4 Å². The summed E-state index contributed by atoms with van der Waals surface area (Å²) in [5, 5.41) is 15.6. The summed E-state index contributed by atoms with van der Waals surface area (Å²) in [6, 6.07) is 9.71. The van der Waals surface area contributed by atoms with Gasteiger partial charge in [-0.15, -0.1) is 11.3 Å². The summed E-state index contributed by atoms with van der Waals surface area (Å²) in [7, 11) is 1.64. The fourth-order valence-electron chi connectivity index (χ4n) is 3.05. The van der Waals surface area contributed by atoms with Crippen molar-refractivity contribution in [2.45, 2.75) is 19.4 Å². The summed E-state index contributed by atoms with van der Waals surface area (Å²) in [4.78, 5) is 6.10. The first-order chi connectivity index (χ1) is 13.3. The number of hydrogen-bond donors (Lipinski definition) is 2. The first-order valence-electron chi connectivity index (χ1n) is 8.47. The van der Waals surface area contributed by atoms with E-state index >= 15 is 0 Å². The van der Waals surface area contributed by atoms with Crippen molar-refractivity contribution in [3.05, 3.63) is 46.1 Å². The van der Waals surface area contributed by atoms with Gasteiger partial charge in [0.1, 0.15) is 5.54 Å². The highest BCUT2D eigenvalue weighted by Gasteiger charge is 2.44. The Bertz CT molecular complexity index is 1050. The molecule has 0 bridgehead atoms. The largest absolute Gasteiger partial charge is 0.593 e. The standard InChI is InChI=1S/C18H18ClN5O2S2/c1-10-21-16(26-23-10)12-6-4-5-11(7-12)14-8-13(19)15(27-14)18(2)9-28(25)24(3)17(20)22-18/h4-8H,9H2,1-3H3,(H2,20,22)/t18-,28?/m0/s1. The molecule has 3 aromatic rings. The van der Waals surface area contributed by atoms with Crippen molar-refractivity contribution in [2.75, 3.05) is 12.8 Å². The second-order valence-corrected chi connectivity index (χ2v) is 9.72. The topological polar surface area (TPSA) is 101 Å². The van der Waals surface area contributed by atoms with Crippen LogP contribution < -0.4 is 5.32 Å². The van der Waals surface area contributed by atoms with E-state index in [2.05, 4.69) is 15.5 Å². The van der Waals surface area contributed by atoms with Gasteiger partial charge in [0.2, 0.25) is 5.96 Å². The number of aromatic nitrogens is 2. The highest BCUT2D eigenvalue weighted by molar-refractivity contribution is 7.89. The summed E-state index contributed by atoms with van der Waals surface area (Å²) in [5.41, 5.74) is 1.13. The van der Waals surface area contributed by atoms with Crippen LogP contribution in [0.2, 0.25) is 5.02 Å². The third-order valence-electron chi connectivity index (χ3n) is 4.54. The molecular weight excluding hydrogens is 418 g/mol. The number of rotatable bonds is 3. The molecule has 2 aromatic heterocycles. The fourth-order valence-corrected chi connectivity index (χ4v) is 5.94. The van der Waals surface area contributed by atoms with Crippen molar-refractivity contribution < 1.29 is 9.08 Å².